The van der Waals surface area contributed by atoms with Crippen LogP contribution in [0.4, 0.5) is 5.69 Å². The maximum absolute atomic E-state index is 12.6. The fourth-order valence-electron chi connectivity index (χ4n) is 4.41. The van der Waals surface area contributed by atoms with E-state index in [-0.39, 0.29) is 10.8 Å². The van der Waals surface area contributed by atoms with Crippen LogP contribution in [0, 0.1) is 6.92 Å². The molecule has 40 heavy (non-hydrogen) atoms. The number of nitrogens with zero attached hydrogens (tertiary/aromatic N) is 2. The first-order valence-corrected chi connectivity index (χ1v) is 15.3. The van der Waals surface area contributed by atoms with E-state index in [0.29, 0.717) is 44.2 Å². The summed E-state index contributed by atoms with van der Waals surface area (Å²) in [6.45, 7) is 1.65. The number of nitrogen functional groups attached to an aromatic ring is 1. The van der Waals surface area contributed by atoms with Gasteiger partial charge >= 0.3 is 0 Å². The Morgan fingerprint density at radius 2 is 1.70 bits per heavy atom. The molecular formula is C29H22N4O4S3. The largest absolute Gasteiger partial charge is 0.399 e. The van der Waals surface area contributed by atoms with Crippen molar-refractivity contribution in [3.8, 4) is 10.6 Å². The fraction of sp³-hybridized carbons (Fsp3) is 0.0690. The quantitative estimate of drug-likeness (QED) is 0.161. The van der Waals surface area contributed by atoms with Crippen LogP contribution >= 0.6 is 22.7 Å². The number of rotatable bonds is 5. The van der Waals surface area contributed by atoms with Gasteiger partial charge in [0.15, 0.2) is 0 Å². The summed E-state index contributed by atoms with van der Waals surface area (Å²) in [5, 5.41) is 4.43. The minimum absolute atomic E-state index is 0.0976. The average molecular weight is 587 g/mol. The molecule has 0 bridgehead atoms. The number of benzene rings is 3. The number of anilines is 1. The molecule has 1 aliphatic rings. The number of carbonyl (C=O) groups excluding carboxylic acids is 1. The summed E-state index contributed by atoms with van der Waals surface area (Å²) in [6.07, 6.45) is 8.43. The number of aromatic nitrogens is 2. The van der Waals surface area contributed by atoms with E-state index in [1.165, 1.54) is 22.7 Å². The lowest BCUT2D eigenvalue weighted by Crippen LogP contribution is -2.21. The Bertz CT molecular complexity index is 2020. The highest BCUT2D eigenvalue weighted by Gasteiger charge is 2.21. The minimum Gasteiger partial charge on any atom is -0.399 e. The molecule has 4 N–H and O–H groups in total. The predicted octanol–water partition coefficient (Wildman–Crippen LogP) is 6.37. The molecule has 11 heteroatoms. The van der Waals surface area contributed by atoms with E-state index >= 15 is 0 Å². The number of hydrogen-bond donors (Lipinski definition) is 3. The summed E-state index contributed by atoms with van der Waals surface area (Å²) in [7, 11) is -4.38. The van der Waals surface area contributed by atoms with Crippen molar-refractivity contribution in [3.63, 3.8) is 0 Å². The van der Waals surface area contributed by atoms with Gasteiger partial charge in [0.05, 0.1) is 20.4 Å². The topological polar surface area (TPSA) is 135 Å². The Morgan fingerprint density at radius 3 is 2.48 bits per heavy atom. The van der Waals surface area contributed by atoms with Crippen LogP contribution < -0.4 is 11.1 Å². The highest BCUT2D eigenvalue weighted by molar-refractivity contribution is 7.86. The molecule has 1 aliphatic carbocycles. The number of hydrogen-bond acceptors (Lipinski definition) is 8. The van der Waals surface area contributed by atoms with Gasteiger partial charge in [0.2, 0.25) is 0 Å². The highest BCUT2D eigenvalue weighted by atomic mass is 32.2. The Morgan fingerprint density at radius 1 is 0.950 bits per heavy atom. The van der Waals surface area contributed by atoms with Crippen LogP contribution in [0.3, 0.4) is 0 Å². The second-order valence-electron chi connectivity index (χ2n) is 9.22. The second-order valence-corrected chi connectivity index (χ2v) is 12.6. The molecule has 0 aliphatic heterocycles. The van der Waals surface area contributed by atoms with Crippen molar-refractivity contribution in [2.45, 2.75) is 18.2 Å². The Labute approximate surface area is 238 Å². The Kier molecular flexibility index (Phi) is 6.59. The van der Waals surface area contributed by atoms with Crippen molar-refractivity contribution >= 4 is 70.4 Å². The molecule has 0 radical (unpaired) electrons. The van der Waals surface area contributed by atoms with E-state index in [1.807, 2.05) is 36.4 Å². The van der Waals surface area contributed by atoms with E-state index in [1.54, 1.807) is 43.3 Å². The van der Waals surface area contributed by atoms with Crippen LogP contribution in [0.2, 0.25) is 0 Å². The molecule has 5 aromatic rings. The van der Waals surface area contributed by atoms with Gasteiger partial charge in [-0.3, -0.25) is 9.35 Å². The fourth-order valence-corrected chi connectivity index (χ4v) is 7.74. The zero-order valence-corrected chi connectivity index (χ0v) is 23.5. The molecule has 8 nitrogen and oxygen atoms in total. The average Bonchev–Trinajstić information content (AvgIpc) is 3.46. The monoisotopic (exact) mass is 586 g/mol. The predicted molar refractivity (Wildman–Crippen MR) is 161 cm³/mol. The lowest BCUT2D eigenvalue weighted by molar-refractivity contribution is 0.0967. The molecule has 3 aromatic carbocycles. The highest BCUT2D eigenvalue weighted by Crippen LogP contribution is 2.38. The van der Waals surface area contributed by atoms with E-state index in [9.17, 15) is 17.8 Å². The SMILES string of the molecule is Cc1ccc2nc(-c3ccc4nc(C5=CCC=C(NC(=O)c6ccc(N)cc6)C=C5)sc4c3)sc2c1S(=O)(=O)O. The van der Waals surface area contributed by atoms with Crippen LogP contribution in [0.25, 0.3) is 36.6 Å². The van der Waals surface area contributed by atoms with Gasteiger partial charge in [0.1, 0.15) is 14.9 Å². The maximum Gasteiger partial charge on any atom is 0.296 e. The summed E-state index contributed by atoms with van der Waals surface area (Å²) >= 11 is 2.77. The molecule has 200 valence electrons. The van der Waals surface area contributed by atoms with Crippen molar-refractivity contribution < 1.29 is 17.8 Å². The van der Waals surface area contributed by atoms with Gasteiger partial charge in [-0.15, -0.1) is 22.7 Å². The van der Waals surface area contributed by atoms with E-state index in [0.717, 1.165) is 26.4 Å². The van der Waals surface area contributed by atoms with Crippen molar-refractivity contribution in [2.75, 3.05) is 5.73 Å². The number of fused-ring (bicyclic) bond motifs is 2. The molecule has 0 fully saturated rings. The number of carbonyl (C=O) groups is 1. The van der Waals surface area contributed by atoms with E-state index in [2.05, 4.69) is 16.4 Å². The minimum atomic E-state index is -4.38. The second kappa shape index (κ2) is 10.1. The van der Waals surface area contributed by atoms with Crippen LogP contribution in [0.15, 0.2) is 89.5 Å². The number of nitrogens with two attached hydrogens (primary N) is 1. The molecule has 0 spiro atoms. The third-order valence-electron chi connectivity index (χ3n) is 6.40. The number of allylic oxidation sites excluding steroid dienone is 5. The molecule has 2 heterocycles. The summed E-state index contributed by atoms with van der Waals surface area (Å²) in [5.41, 5.74) is 11.1. The standard InChI is InChI=1S/C29H22N4O4S3/c1-16-5-13-23-25(26(16)40(35,36)37)39-29(33-23)19-9-14-22-24(15-19)38-28(32-22)18-3-2-4-21(12-8-18)31-27(34)17-6-10-20(30)11-7-17/h3-15H,2,30H2,1H3,(H,31,34)(H,35,36,37). The van der Waals surface area contributed by atoms with E-state index < -0.39 is 10.1 Å². The maximum atomic E-state index is 12.6. The summed E-state index contributed by atoms with van der Waals surface area (Å²) in [4.78, 5) is 21.9. The number of amides is 1. The summed E-state index contributed by atoms with van der Waals surface area (Å²) < 4.78 is 35.2. The molecular weight excluding hydrogens is 565 g/mol. The van der Waals surface area contributed by atoms with Gasteiger partial charge in [-0.1, -0.05) is 24.3 Å². The van der Waals surface area contributed by atoms with Crippen molar-refractivity contribution in [1.82, 2.24) is 15.3 Å². The first-order valence-electron chi connectivity index (χ1n) is 12.2. The Hall–Kier alpha value is -4.16. The normalized spacial score (nSPS) is 13.8. The number of thiazole rings is 2. The molecule has 6 rings (SSSR count). The van der Waals surface area contributed by atoms with Crippen LogP contribution in [-0.4, -0.2) is 28.8 Å². The smallest absolute Gasteiger partial charge is 0.296 e. The number of nitrogens with one attached hydrogen (secondary N) is 1. The first kappa shape index (κ1) is 26.1. The van der Waals surface area contributed by atoms with Crippen LogP contribution in [0.5, 0.6) is 0 Å². The zero-order valence-electron chi connectivity index (χ0n) is 21.1. The van der Waals surface area contributed by atoms with Crippen molar-refractivity contribution in [2.24, 2.45) is 0 Å². The van der Waals surface area contributed by atoms with Crippen molar-refractivity contribution in [1.29, 1.82) is 0 Å². The van der Waals surface area contributed by atoms with Gasteiger partial charge in [-0.25, -0.2) is 9.97 Å². The summed E-state index contributed by atoms with van der Waals surface area (Å²) in [6, 6.07) is 16.0. The Balaban J connectivity index is 1.25. The number of aryl methyl sites for hydroxylation is 1. The van der Waals surface area contributed by atoms with Gasteiger partial charge in [0.25, 0.3) is 16.0 Å². The third kappa shape index (κ3) is 5.07. The molecule has 1 amide bonds. The summed E-state index contributed by atoms with van der Waals surface area (Å²) in [5.74, 6) is -0.208. The lowest BCUT2D eigenvalue weighted by atomic mass is 10.2. The first-order chi connectivity index (χ1) is 19.2. The molecule has 2 aromatic heterocycles. The van der Waals surface area contributed by atoms with Crippen molar-refractivity contribution in [3.05, 3.63) is 101 Å². The van der Waals surface area contributed by atoms with Crippen LogP contribution in [0.1, 0.15) is 27.3 Å². The van der Waals surface area contributed by atoms with Gasteiger partial charge in [-0.2, -0.15) is 8.42 Å². The molecule has 0 saturated heterocycles. The van der Waals surface area contributed by atoms with E-state index in [4.69, 9.17) is 10.7 Å². The molecule has 0 atom stereocenters. The molecule has 0 unspecified atom stereocenters. The molecule has 0 saturated carbocycles. The van der Waals surface area contributed by atoms with Gasteiger partial charge < -0.3 is 11.1 Å². The van der Waals surface area contributed by atoms with Gasteiger partial charge in [0, 0.05) is 28.1 Å². The third-order valence-corrected chi connectivity index (χ3v) is 9.77. The van der Waals surface area contributed by atoms with Gasteiger partial charge in [-0.05, 0) is 73.5 Å². The lowest BCUT2D eigenvalue weighted by Gasteiger charge is -2.06. The van der Waals surface area contributed by atoms with Crippen LogP contribution in [-0.2, 0) is 10.1 Å². The zero-order chi connectivity index (χ0) is 28.0.